The van der Waals surface area contributed by atoms with Gasteiger partial charge in [-0.15, -0.1) is 0 Å². The fraction of sp³-hybridized carbons (Fsp3) is 0.429. The first-order chi connectivity index (χ1) is 9.08. The standard InChI is InChI=1S/C14H17BrN2O2/c1-3-19-14(18)10-17(8-7-16)11(2)12-5-4-6-13(15)9-12/h4-6,9,11H,3,8,10H2,1-2H3/t11-/m0/s1. The molecule has 1 aromatic carbocycles. The van der Waals surface area contributed by atoms with Crippen molar-refractivity contribution in [3.8, 4) is 6.07 Å². The van der Waals surface area contributed by atoms with Crippen LogP contribution in [-0.2, 0) is 9.53 Å². The SMILES string of the molecule is CCOC(=O)CN(CC#N)[C@@H](C)c1cccc(Br)c1. The smallest absolute Gasteiger partial charge is 0.320 e. The Balaban J connectivity index is 2.80. The lowest BCUT2D eigenvalue weighted by molar-refractivity contribution is -0.144. The molecule has 0 saturated heterocycles. The van der Waals surface area contributed by atoms with Crippen LogP contribution in [0.1, 0.15) is 25.5 Å². The molecule has 5 heteroatoms. The van der Waals surface area contributed by atoms with Gasteiger partial charge in [-0.05, 0) is 31.5 Å². The van der Waals surface area contributed by atoms with Gasteiger partial charge in [-0.1, -0.05) is 28.1 Å². The van der Waals surface area contributed by atoms with Gasteiger partial charge in [0.25, 0.3) is 0 Å². The van der Waals surface area contributed by atoms with E-state index in [9.17, 15) is 4.79 Å². The van der Waals surface area contributed by atoms with Gasteiger partial charge in [0, 0.05) is 10.5 Å². The summed E-state index contributed by atoms with van der Waals surface area (Å²) in [4.78, 5) is 13.3. The molecule has 0 aromatic heterocycles. The predicted molar refractivity (Wildman–Crippen MR) is 76.4 cm³/mol. The highest BCUT2D eigenvalue weighted by molar-refractivity contribution is 9.10. The zero-order chi connectivity index (χ0) is 14.3. The zero-order valence-electron chi connectivity index (χ0n) is 11.1. The average molecular weight is 325 g/mol. The summed E-state index contributed by atoms with van der Waals surface area (Å²) in [6.07, 6.45) is 0. The highest BCUT2D eigenvalue weighted by Crippen LogP contribution is 2.22. The molecule has 0 unspecified atom stereocenters. The Kier molecular flexibility index (Phi) is 6.54. The number of carbonyl (C=O) groups is 1. The normalized spacial score (nSPS) is 11.9. The van der Waals surface area contributed by atoms with Crippen LogP contribution in [0.3, 0.4) is 0 Å². The lowest BCUT2D eigenvalue weighted by Crippen LogP contribution is -2.33. The third-order valence-corrected chi connectivity index (χ3v) is 3.28. The molecule has 0 fully saturated rings. The van der Waals surface area contributed by atoms with Crippen molar-refractivity contribution in [2.24, 2.45) is 0 Å². The summed E-state index contributed by atoms with van der Waals surface area (Å²) < 4.78 is 5.91. The van der Waals surface area contributed by atoms with E-state index in [-0.39, 0.29) is 25.1 Å². The topological polar surface area (TPSA) is 53.3 Å². The summed E-state index contributed by atoms with van der Waals surface area (Å²) in [5.41, 5.74) is 1.05. The summed E-state index contributed by atoms with van der Waals surface area (Å²) in [5, 5.41) is 8.88. The maximum absolute atomic E-state index is 11.5. The van der Waals surface area contributed by atoms with Crippen LogP contribution in [0.2, 0.25) is 0 Å². The molecule has 0 heterocycles. The number of nitrogens with zero attached hydrogens (tertiary/aromatic N) is 2. The molecule has 1 aromatic rings. The molecule has 4 nitrogen and oxygen atoms in total. The number of carbonyl (C=O) groups excluding carboxylic acids is 1. The number of esters is 1. The van der Waals surface area contributed by atoms with E-state index in [1.54, 1.807) is 11.8 Å². The summed E-state index contributed by atoms with van der Waals surface area (Å²) in [5.74, 6) is -0.306. The number of ether oxygens (including phenoxy) is 1. The number of hydrogen-bond donors (Lipinski definition) is 0. The molecule has 0 N–H and O–H groups in total. The van der Waals surface area contributed by atoms with Gasteiger partial charge in [-0.3, -0.25) is 9.69 Å². The van der Waals surface area contributed by atoms with E-state index < -0.39 is 0 Å². The van der Waals surface area contributed by atoms with Crippen LogP contribution >= 0.6 is 15.9 Å². The molecule has 0 aliphatic carbocycles. The van der Waals surface area contributed by atoms with Crippen LogP contribution < -0.4 is 0 Å². The highest BCUT2D eigenvalue weighted by atomic mass is 79.9. The maximum atomic E-state index is 11.5. The summed E-state index contributed by atoms with van der Waals surface area (Å²) in [6, 6.07) is 9.90. The van der Waals surface area contributed by atoms with Crippen molar-refractivity contribution in [1.29, 1.82) is 5.26 Å². The van der Waals surface area contributed by atoms with E-state index >= 15 is 0 Å². The van der Waals surface area contributed by atoms with Gasteiger partial charge < -0.3 is 4.74 Å². The maximum Gasteiger partial charge on any atom is 0.320 e. The Hall–Kier alpha value is -1.38. The van der Waals surface area contributed by atoms with Crippen molar-refractivity contribution in [2.45, 2.75) is 19.9 Å². The fourth-order valence-electron chi connectivity index (χ4n) is 1.77. The van der Waals surface area contributed by atoms with Gasteiger partial charge in [-0.2, -0.15) is 5.26 Å². The predicted octanol–water partition coefficient (Wildman–Crippen LogP) is 2.90. The van der Waals surface area contributed by atoms with Gasteiger partial charge in [0.05, 0.1) is 25.8 Å². The molecule has 102 valence electrons. The van der Waals surface area contributed by atoms with Crippen LogP contribution in [0.4, 0.5) is 0 Å². The average Bonchev–Trinajstić information content (AvgIpc) is 2.37. The molecule has 0 radical (unpaired) electrons. The Labute approximate surface area is 122 Å². The minimum Gasteiger partial charge on any atom is -0.465 e. The summed E-state index contributed by atoms with van der Waals surface area (Å²) in [6.45, 7) is 4.40. The first-order valence-electron chi connectivity index (χ1n) is 6.10. The van der Waals surface area contributed by atoms with Crippen LogP contribution in [0.15, 0.2) is 28.7 Å². The second-order valence-corrected chi connectivity index (χ2v) is 5.01. The quantitative estimate of drug-likeness (QED) is 0.596. The number of rotatable bonds is 6. The second kappa shape index (κ2) is 7.93. The van der Waals surface area contributed by atoms with Crippen molar-refractivity contribution < 1.29 is 9.53 Å². The number of nitriles is 1. The van der Waals surface area contributed by atoms with Gasteiger partial charge in [0.1, 0.15) is 0 Å². The molecule has 1 rings (SSSR count). The number of hydrogen-bond acceptors (Lipinski definition) is 4. The van der Waals surface area contributed by atoms with Crippen molar-refractivity contribution in [3.63, 3.8) is 0 Å². The Morgan fingerprint density at radius 3 is 2.89 bits per heavy atom. The van der Waals surface area contributed by atoms with Gasteiger partial charge in [0.2, 0.25) is 0 Å². The second-order valence-electron chi connectivity index (χ2n) is 4.10. The van der Waals surface area contributed by atoms with Crippen molar-refractivity contribution in [2.75, 3.05) is 19.7 Å². The molecular formula is C14H17BrN2O2. The van der Waals surface area contributed by atoms with Crippen molar-refractivity contribution in [3.05, 3.63) is 34.3 Å². The lowest BCUT2D eigenvalue weighted by atomic mass is 10.1. The molecule has 0 aliphatic heterocycles. The summed E-state index contributed by atoms with van der Waals surface area (Å²) >= 11 is 3.42. The number of halogens is 1. The minimum atomic E-state index is -0.306. The third kappa shape index (κ3) is 5.01. The van der Waals surface area contributed by atoms with E-state index in [0.29, 0.717) is 6.61 Å². The van der Waals surface area contributed by atoms with Crippen molar-refractivity contribution >= 4 is 21.9 Å². The van der Waals surface area contributed by atoms with E-state index in [0.717, 1.165) is 10.0 Å². The molecular weight excluding hydrogens is 308 g/mol. The molecule has 19 heavy (non-hydrogen) atoms. The molecule has 0 amide bonds. The molecule has 0 bridgehead atoms. The molecule has 0 aliphatic rings. The van der Waals surface area contributed by atoms with E-state index in [1.165, 1.54) is 0 Å². The Morgan fingerprint density at radius 2 is 2.32 bits per heavy atom. The van der Waals surface area contributed by atoms with E-state index in [4.69, 9.17) is 10.00 Å². The fourth-order valence-corrected chi connectivity index (χ4v) is 2.19. The van der Waals surface area contributed by atoms with Crippen LogP contribution in [0.5, 0.6) is 0 Å². The first-order valence-corrected chi connectivity index (χ1v) is 6.89. The van der Waals surface area contributed by atoms with E-state index in [1.807, 2.05) is 31.2 Å². The molecule has 0 saturated carbocycles. The largest absolute Gasteiger partial charge is 0.465 e. The summed E-state index contributed by atoms with van der Waals surface area (Å²) in [7, 11) is 0. The van der Waals surface area contributed by atoms with Gasteiger partial charge in [0.15, 0.2) is 0 Å². The first kappa shape index (κ1) is 15.7. The van der Waals surface area contributed by atoms with Gasteiger partial charge >= 0.3 is 5.97 Å². The zero-order valence-corrected chi connectivity index (χ0v) is 12.7. The third-order valence-electron chi connectivity index (χ3n) is 2.79. The van der Waals surface area contributed by atoms with Crippen LogP contribution in [-0.4, -0.2) is 30.6 Å². The molecule has 1 atom stereocenters. The lowest BCUT2D eigenvalue weighted by Gasteiger charge is -2.26. The number of benzene rings is 1. The van der Waals surface area contributed by atoms with Crippen molar-refractivity contribution in [1.82, 2.24) is 4.90 Å². The molecule has 0 spiro atoms. The van der Waals surface area contributed by atoms with Crippen LogP contribution in [0.25, 0.3) is 0 Å². The minimum absolute atomic E-state index is 0.0263. The monoisotopic (exact) mass is 324 g/mol. The Bertz CT molecular complexity index is 471. The van der Waals surface area contributed by atoms with E-state index in [2.05, 4.69) is 22.0 Å². The highest BCUT2D eigenvalue weighted by Gasteiger charge is 2.19. The van der Waals surface area contributed by atoms with Gasteiger partial charge in [-0.25, -0.2) is 0 Å². The Morgan fingerprint density at radius 1 is 1.58 bits per heavy atom. The van der Waals surface area contributed by atoms with Crippen LogP contribution in [0, 0.1) is 11.3 Å².